The van der Waals surface area contributed by atoms with Crippen molar-refractivity contribution in [2.24, 2.45) is 17.3 Å². The van der Waals surface area contributed by atoms with Crippen LogP contribution in [0, 0.1) is 17.3 Å². The lowest BCUT2D eigenvalue weighted by Gasteiger charge is -2.58. The largest absolute Gasteiger partial charge is 0.459 e. The van der Waals surface area contributed by atoms with E-state index in [-0.39, 0.29) is 12.8 Å². The van der Waals surface area contributed by atoms with Crippen molar-refractivity contribution in [2.75, 3.05) is 0 Å². The molecule has 3 rings (SSSR count). The molecule has 0 bridgehead atoms. The number of ether oxygens (including phenoxy) is 2. The summed E-state index contributed by atoms with van der Waals surface area (Å²) < 4.78 is 11.1. The lowest BCUT2D eigenvalue weighted by Crippen LogP contribution is -2.70. The summed E-state index contributed by atoms with van der Waals surface area (Å²) in [5.74, 6) is -3.44. The lowest BCUT2D eigenvalue weighted by molar-refractivity contribution is -0.261. The average Bonchev–Trinajstić information content (AvgIpc) is 2.85. The fourth-order valence-electron chi connectivity index (χ4n) is 5.81. The molecule has 1 aliphatic heterocycles. The van der Waals surface area contributed by atoms with Gasteiger partial charge in [-0.2, -0.15) is 0 Å². The standard InChI is InChI=1S/C22H34O8/c1-11-6-7-14(24)21(5)15(25)8-9-20(4,27)17(21)18(29-13(3)23)22(28)12(2)19(26)30-16(22)10-11/h10,12,14-18,24-25,27-28H,6-9H2,1-5H3/b11-10-/t12-,14+,15-,16-,17-,18+,20-,21-,22-/m0/s1. The SMILES string of the molecule is CC(=O)O[C@@H]1[C@@H]2[C@@](C)([C@H](O)CC/C(C)=C\[C@@H]3OC(=O)[C@H](C)[C@]31O)[C@@H](O)CC[C@]2(C)O. The van der Waals surface area contributed by atoms with Crippen molar-refractivity contribution in [3.8, 4) is 0 Å². The Hall–Kier alpha value is -1.48. The van der Waals surface area contributed by atoms with Gasteiger partial charge in [0.2, 0.25) is 0 Å². The summed E-state index contributed by atoms with van der Waals surface area (Å²) >= 11 is 0. The van der Waals surface area contributed by atoms with Crippen LogP contribution >= 0.6 is 0 Å². The minimum Gasteiger partial charge on any atom is -0.459 e. The third-order valence-electron chi connectivity index (χ3n) is 7.75. The number of esters is 2. The molecule has 30 heavy (non-hydrogen) atoms. The van der Waals surface area contributed by atoms with Gasteiger partial charge in [0.05, 0.1) is 23.7 Å². The van der Waals surface area contributed by atoms with Crippen molar-refractivity contribution in [2.45, 2.75) is 95.9 Å². The maximum absolute atomic E-state index is 12.5. The molecule has 0 radical (unpaired) electrons. The van der Waals surface area contributed by atoms with Gasteiger partial charge in [0.25, 0.3) is 0 Å². The molecule has 0 amide bonds. The van der Waals surface area contributed by atoms with Gasteiger partial charge in [-0.05, 0) is 52.5 Å². The van der Waals surface area contributed by atoms with Crippen LogP contribution in [0.4, 0.5) is 0 Å². The third kappa shape index (κ3) is 3.38. The molecule has 0 spiro atoms. The first-order chi connectivity index (χ1) is 13.8. The molecule has 170 valence electrons. The Balaban J connectivity index is 2.30. The summed E-state index contributed by atoms with van der Waals surface area (Å²) in [5.41, 5.74) is -3.97. The van der Waals surface area contributed by atoms with Crippen molar-refractivity contribution in [1.29, 1.82) is 0 Å². The number of hydrogen-bond donors (Lipinski definition) is 4. The molecule has 0 aromatic heterocycles. The van der Waals surface area contributed by atoms with Crippen LogP contribution in [0.1, 0.15) is 60.3 Å². The van der Waals surface area contributed by atoms with E-state index in [1.807, 2.05) is 0 Å². The zero-order valence-corrected chi connectivity index (χ0v) is 18.3. The number of hydrogen-bond acceptors (Lipinski definition) is 8. The van der Waals surface area contributed by atoms with Crippen LogP contribution in [0.25, 0.3) is 0 Å². The smallest absolute Gasteiger partial charge is 0.312 e. The van der Waals surface area contributed by atoms with E-state index in [4.69, 9.17) is 9.47 Å². The number of carbonyl (C=O) groups excluding carboxylic acids is 2. The molecule has 1 saturated carbocycles. The van der Waals surface area contributed by atoms with Gasteiger partial charge < -0.3 is 29.9 Å². The average molecular weight is 427 g/mol. The highest BCUT2D eigenvalue weighted by Crippen LogP contribution is 2.56. The van der Waals surface area contributed by atoms with Crippen LogP contribution < -0.4 is 0 Å². The fraction of sp³-hybridized carbons (Fsp3) is 0.818. The van der Waals surface area contributed by atoms with Crippen LogP contribution in [-0.4, -0.2) is 68.0 Å². The predicted octanol–water partition coefficient (Wildman–Crippen LogP) is 0.840. The Morgan fingerprint density at radius 1 is 1.20 bits per heavy atom. The molecular formula is C22H34O8. The van der Waals surface area contributed by atoms with Crippen LogP contribution in [0.5, 0.6) is 0 Å². The number of rotatable bonds is 1. The molecule has 4 N–H and O–H groups in total. The molecule has 2 fully saturated rings. The minimum absolute atomic E-state index is 0.178. The van der Waals surface area contributed by atoms with Gasteiger partial charge >= 0.3 is 11.9 Å². The van der Waals surface area contributed by atoms with Crippen molar-refractivity contribution < 1.29 is 39.5 Å². The molecule has 8 nitrogen and oxygen atoms in total. The molecule has 0 aromatic carbocycles. The molecule has 8 heteroatoms. The van der Waals surface area contributed by atoms with Gasteiger partial charge in [0.1, 0.15) is 6.10 Å². The van der Waals surface area contributed by atoms with Gasteiger partial charge in [0.15, 0.2) is 11.7 Å². The van der Waals surface area contributed by atoms with Gasteiger partial charge in [-0.15, -0.1) is 0 Å². The molecule has 1 saturated heterocycles. The summed E-state index contributed by atoms with van der Waals surface area (Å²) in [4.78, 5) is 24.6. The topological polar surface area (TPSA) is 134 Å². The first kappa shape index (κ1) is 23.2. The molecule has 0 aromatic rings. The first-order valence-corrected chi connectivity index (χ1v) is 10.6. The Bertz CT molecular complexity index is 745. The van der Waals surface area contributed by atoms with E-state index in [1.54, 1.807) is 26.8 Å². The van der Waals surface area contributed by atoms with E-state index in [0.29, 0.717) is 12.8 Å². The van der Waals surface area contributed by atoms with E-state index >= 15 is 0 Å². The maximum Gasteiger partial charge on any atom is 0.312 e. The number of aliphatic hydroxyl groups is 4. The third-order valence-corrected chi connectivity index (χ3v) is 7.75. The quantitative estimate of drug-likeness (QED) is 0.358. The lowest BCUT2D eigenvalue weighted by atomic mass is 9.52. The highest BCUT2D eigenvalue weighted by molar-refractivity contribution is 5.77. The second-order valence-corrected chi connectivity index (χ2v) is 9.82. The normalized spacial score (nSPS) is 51.1. The molecule has 2 aliphatic carbocycles. The van der Waals surface area contributed by atoms with Crippen LogP contribution in [-0.2, 0) is 19.1 Å². The minimum atomic E-state index is -1.98. The number of aliphatic hydroxyl groups excluding tert-OH is 2. The highest BCUT2D eigenvalue weighted by atomic mass is 16.6. The summed E-state index contributed by atoms with van der Waals surface area (Å²) in [5, 5.41) is 45.5. The Morgan fingerprint density at radius 2 is 1.80 bits per heavy atom. The molecule has 9 atom stereocenters. The maximum atomic E-state index is 12.5. The fourth-order valence-corrected chi connectivity index (χ4v) is 5.81. The summed E-state index contributed by atoms with van der Waals surface area (Å²) in [6.07, 6.45) is -1.73. The van der Waals surface area contributed by atoms with Crippen LogP contribution in [0.3, 0.4) is 0 Å². The molecule has 0 unspecified atom stereocenters. The molecular weight excluding hydrogens is 392 g/mol. The summed E-state index contributed by atoms with van der Waals surface area (Å²) in [6, 6.07) is 0. The zero-order valence-electron chi connectivity index (χ0n) is 18.3. The highest BCUT2D eigenvalue weighted by Gasteiger charge is 2.69. The van der Waals surface area contributed by atoms with Crippen molar-refractivity contribution in [1.82, 2.24) is 0 Å². The number of fused-ring (bicyclic) bond motifs is 2. The summed E-state index contributed by atoms with van der Waals surface area (Å²) in [6.45, 7) is 7.69. The van der Waals surface area contributed by atoms with Crippen molar-refractivity contribution in [3.05, 3.63) is 11.6 Å². The Labute approximate surface area is 176 Å². The Kier molecular flexibility index (Phi) is 5.86. The number of allylic oxidation sites excluding steroid dienone is 1. The van der Waals surface area contributed by atoms with E-state index in [0.717, 1.165) is 5.57 Å². The van der Waals surface area contributed by atoms with Gasteiger partial charge in [-0.25, -0.2) is 0 Å². The van der Waals surface area contributed by atoms with Crippen LogP contribution in [0.2, 0.25) is 0 Å². The van der Waals surface area contributed by atoms with E-state index in [1.165, 1.54) is 13.8 Å². The predicted molar refractivity (Wildman–Crippen MR) is 106 cm³/mol. The monoisotopic (exact) mass is 426 g/mol. The molecule has 3 aliphatic rings. The van der Waals surface area contributed by atoms with Gasteiger partial charge in [-0.3, -0.25) is 9.59 Å². The van der Waals surface area contributed by atoms with E-state index in [9.17, 15) is 30.0 Å². The first-order valence-electron chi connectivity index (χ1n) is 10.6. The van der Waals surface area contributed by atoms with Crippen molar-refractivity contribution >= 4 is 11.9 Å². The number of carbonyl (C=O) groups is 2. The second-order valence-electron chi connectivity index (χ2n) is 9.82. The van der Waals surface area contributed by atoms with Gasteiger partial charge in [0, 0.05) is 18.3 Å². The van der Waals surface area contributed by atoms with Crippen LogP contribution in [0.15, 0.2) is 11.6 Å². The Morgan fingerprint density at radius 3 is 2.40 bits per heavy atom. The second kappa shape index (κ2) is 7.58. The van der Waals surface area contributed by atoms with E-state index in [2.05, 4.69) is 0 Å². The molecule has 1 heterocycles. The van der Waals surface area contributed by atoms with Gasteiger partial charge in [-0.1, -0.05) is 12.5 Å². The zero-order chi connectivity index (χ0) is 22.6. The van der Waals surface area contributed by atoms with E-state index < -0.39 is 64.8 Å². The summed E-state index contributed by atoms with van der Waals surface area (Å²) in [7, 11) is 0. The van der Waals surface area contributed by atoms with Crippen molar-refractivity contribution in [3.63, 3.8) is 0 Å².